The molecule has 1 saturated carbocycles. The average molecular weight is 270 g/mol. The molecule has 19 heavy (non-hydrogen) atoms. The summed E-state index contributed by atoms with van der Waals surface area (Å²) >= 11 is 0. The zero-order valence-electron chi connectivity index (χ0n) is 12.8. The van der Waals surface area contributed by atoms with Crippen LogP contribution in [0.25, 0.3) is 0 Å². The highest BCUT2D eigenvalue weighted by Crippen LogP contribution is 2.28. The number of carbonyl (C=O) groups excluding carboxylic acids is 1. The summed E-state index contributed by atoms with van der Waals surface area (Å²) in [6, 6.07) is 0.165. The summed E-state index contributed by atoms with van der Waals surface area (Å²) in [4.78, 5) is 11.9. The first kappa shape index (κ1) is 16.3. The molecule has 112 valence electrons. The topological polar surface area (TPSA) is 61.4 Å². The van der Waals surface area contributed by atoms with E-state index < -0.39 is 0 Å². The van der Waals surface area contributed by atoms with Crippen LogP contribution >= 0.6 is 0 Å². The summed E-state index contributed by atoms with van der Waals surface area (Å²) in [5.74, 6) is 0.968. The lowest BCUT2D eigenvalue weighted by atomic mass is 9.81. The van der Waals surface area contributed by atoms with Crippen molar-refractivity contribution in [2.75, 3.05) is 13.2 Å². The van der Waals surface area contributed by atoms with E-state index in [4.69, 9.17) is 5.11 Å². The van der Waals surface area contributed by atoms with Crippen molar-refractivity contribution >= 4 is 6.03 Å². The first-order valence-electron chi connectivity index (χ1n) is 7.52. The van der Waals surface area contributed by atoms with E-state index in [0.717, 1.165) is 25.7 Å². The van der Waals surface area contributed by atoms with Crippen molar-refractivity contribution < 1.29 is 9.90 Å². The van der Waals surface area contributed by atoms with Gasteiger partial charge in [-0.2, -0.15) is 0 Å². The van der Waals surface area contributed by atoms with Crippen LogP contribution in [-0.4, -0.2) is 30.3 Å². The zero-order valence-corrected chi connectivity index (χ0v) is 12.8. The predicted molar refractivity (Wildman–Crippen MR) is 78.0 cm³/mol. The van der Waals surface area contributed by atoms with Gasteiger partial charge in [0.05, 0.1) is 0 Å². The van der Waals surface area contributed by atoms with E-state index >= 15 is 0 Å². The zero-order chi connectivity index (χ0) is 14.5. The minimum Gasteiger partial charge on any atom is -0.396 e. The van der Waals surface area contributed by atoms with E-state index in [-0.39, 0.29) is 24.1 Å². The average Bonchev–Trinajstić information content (AvgIpc) is 2.75. The van der Waals surface area contributed by atoms with Gasteiger partial charge in [0.15, 0.2) is 0 Å². The maximum absolute atomic E-state index is 11.9. The van der Waals surface area contributed by atoms with Gasteiger partial charge in [0, 0.05) is 19.2 Å². The van der Waals surface area contributed by atoms with Crippen LogP contribution in [0.3, 0.4) is 0 Å². The van der Waals surface area contributed by atoms with E-state index in [0.29, 0.717) is 18.4 Å². The summed E-state index contributed by atoms with van der Waals surface area (Å²) in [5, 5.41) is 15.1. The Morgan fingerprint density at radius 1 is 1.37 bits per heavy atom. The summed E-state index contributed by atoms with van der Waals surface area (Å²) in [5.41, 5.74) is 0.109. The van der Waals surface area contributed by atoms with Gasteiger partial charge in [-0.05, 0) is 36.5 Å². The molecule has 4 nitrogen and oxygen atoms in total. The first-order chi connectivity index (χ1) is 8.86. The molecule has 0 heterocycles. The maximum atomic E-state index is 11.9. The van der Waals surface area contributed by atoms with E-state index in [2.05, 4.69) is 38.3 Å². The van der Waals surface area contributed by atoms with Crippen LogP contribution in [0.4, 0.5) is 4.79 Å². The molecule has 1 aliphatic carbocycles. The molecule has 2 unspecified atom stereocenters. The molecule has 0 aromatic rings. The highest BCUT2D eigenvalue weighted by atomic mass is 16.3. The van der Waals surface area contributed by atoms with Gasteiger partial charge in [0.25, 0.3) is 0 Å². The summed E-state index contributed by atoms with van der Waals surface area (Å²) in [7, 11) is 0. The van der Waals surface area contributed by atoms with Crippen molar-refractivity contribution in [2.45, 2.75) is 59.4 Å². The summed E-state index contributed by atoms with van der Waals surface area (Å²) < 4.78 is 0. The van der Waals surface area contributed by atoms with Crippen molar-refractivity contribution in [3.05, 3.63) is 0 Å². The third kappa shape index (κ3) is 5.01. The van der Waals surface area contributed by atoms with Crippen LogP contribution in [-0.2, 0) is 0 Å². The highest BCUT2D eigenvalue weighted by Gasteiger charge is 2.29. The maximum Gasteiger partial charge on any atom is 0.315 e. The second kappa shape index (κ2) is 7.13. The molecule has 0 aromatic carbocycles. The molecule has 0 bridgehead atoms. The SMILES string of the molecule is CC(C)C(C)(C)CNC(=O)NC1CCCC1CCO. The predicted octanol–water partition coefficient (Wildman–Crippen LogP) is 2.52. The minimum atomic E-state index is -0.0661. The molecule has 0 spiro atoms. The number of urea groups is 1. The molecule has 2 atom stereocenters. The fraction of sp³-hybridized carbons (Fsp3) is 0.933. The Bertz CT molecular complexity index is 290. The standard InChI is InChI=1S/C15H30N2O2/c1-11(2)15(3,4)10-16-14(19)17-13-7-5-6-12(13)8-9-18/h11-13,18H,5-10H2,1-4H3,(H2,16,17,19). The number of hydrogen-bond donors (Lipinski definition) is 3. The van der Waals surface area contributed by atoms with Crippen LogP contribution < -0.4 is 10.6 Å². The quantitative estimate of drug-likeness (QED) is 0.694. The Balaban J connectivity index is 2.35. The molecular formula is C15H30N2O2. The molecule has 0 radical (unpaired) electrons. The molecule has 4 heteroatoms. The van der Waals surface area contributed by atoms with Gasteiger partial charge in [0.2, 0.25) is 0 Å². The molecule has 0 saturated heterocycles. The second-order valence-electron chi connectivity index (χ2n) is 6.78. The Labute approximate surface area is 117 Å². The Hall–Kier alpha value is -0.770. The molecule has 0 aliphatic heterocycles. The third-order valence-electron chi connectivity index (χ3n) is 4.74. The summed E-state index contributed by atoms with van der Waals surface area (Å²) in [6.07, 6.45) is 4.09. The van der Waals surface area contributed by atoms with Crippen LogP contribution in [0.1, 0.15) is 53.4 Å². The molecule has 1 aliphatic rings. The third-order valence-corrected chi connectivity index (χ3v) is 4.74. The van der Waals surface area contributed by atoms with Crippen LogP contribution in [0.15, 0.2) is 0 Å². The van der Waals surface area contributed by atoms with Crippen molar-refractivity contribution in [2.24, 2.45) is 17.3 Å². The molecule has 1 rings (SSSR count). The van der Waals surface area contributed by atoms with E-state index in [9.17, 15) is 4.79 Å². The normalized spacial score (nSPS) is 23.7. The molecular weight excluding hydrogens is 240 g/mol. The van der Waals surface area contributed by atoms with E-state index in [1.165, 1.54) is 0 Å². The van der Waals surface area contributed by atoms with Crippen molar-refractivity contribution in [1.82, 2.24) is 10.6 Å². The largest absolute Gasteiger partial charge is 0.396 e. The van der Waals surface area contributed by atoms with Crippen LogP contribution in [0.5, 0.6) is 0 Å². The van der Waals surface area contributed by atoms with E-state index in [1.807, 2.05) is 0 Å². The number of aliphatic hydroxyl groups is 1. The van der Waals surface area contributed by atoms with Gasteiger partial charge in [-0.3, -0.25) is 0 Å². The van der Waals surface area contributed by atoms with Gasteiger partial charge in [-0.25, -0.2) is 4.79 Å². The van der Waals surface area contributed by atoms with Crippen molar-refractivity contribution in [1.29, 1.82) is 0 Å². The van der Waals surface area contributed by atoms with E-state index in [1.54, 1.807) is 0 Å². The molecule has 2 amide bonds. The van der Waals surface area contributed by atoms with Crippen molar-refractivity contribution in [3.8, 4) is 0 Å². The lowest BCUT2D eigenvalue weighted by Gasteiger charge is -2.30. The van der Waals surface area contributed by atoms with Gasteiger partial charge < -0.3 is 15.7 Å². The van der Waals surface area contributed by atoms with Crippen LogP contribution in [0, 0.1) is 17.3 Å². The molecule has 1 fully saturated rings. The lowest BCUT2D eigenvalue weighted by molar-refractivity contribution is 0.206. The fourth-order valence-electron chi connectivity index (χ4n) is 2.47. The number of hydrogen-bond acceptors (Lipinski definition) is 2. The second-order valence-corrected chi connectivity index (χ2v) is 6.78. The molecule has 0 aromatic heterocycles. The van der Waals surface area contributed by atoms with Crippen molar-refractivity contribution in [3.63, 3.8) is 0 Å². The van der Waals surface area contributed by atoms with Crippen LogP contribution in [0.2, 0.25) is 0 Å². The van der Waals surface area contributed by atoms with Gasteiger partial charge >= 0.3 is 6.03 Å². The first-order valence-corrected chi connectivity index (χ1v) is 7.52. The lowest BCUT2D eigenvalue weighted by Crippen LogP contribution is -2.47. The number of aliphatic hydroxyl groups excluding tert-OH is 1. The number of amides is 2. The van der Waals surface area contributed by atoms with Gasteiger partial charge in [-0.1, -0.05) is 34.1 Å². The fourth-order valence-corrected chi connectivity index (χ4v) is 2.47. The Morgan fingerprint density at radius 2 is 2.05 bits per heavy atom. The molecule has 3 N–H and O–H groups in total. The monoisotopic (exact) mass is 270 g/mol. The highest BCUT2D eigenvalue weighted by molar-refractivity contribution is 5.74. The van der Waals surface area contributed by atoms with Gasteiger partial charge in [0.1, 0.15) is 0 Å². The summed E-state index contributed by atoms with van der Waals surface area (Å²) in [6.45, 7) is 9.59. The number of carbonyl (C=O) groups is 1. The Morgan fingerprint density at radius 3 is 2.63 bits per heavy atom. The smallest absolute Gasteiger partial charge is 0.315 e. The minimum absolute atomic E-state index is 0.0661. The number of rotatable bonds is 6. The number of nitrogens with one attached hydrogen (secondary N) is 2. The Kier molecular flexibility index (Phi) is 6.11. The van der Waals surface area contributed by atoms with Gasteiger partial charge in [-0.15, -0.1) is 0 Å².